The summed E-state index contributed by atoms with van der Waals surface area (Å²) >= 11 is 0. The first kappa shape index (κ1) is 13.6. The van der Waals surface area contributed by atoms with E-state index in [1.165, 1.54) is 6.92 Å². The molecule has 0 rings (SSSR count). The van der Waals surface area contributed by atoms with Crippen molar-refractivity contribution in [2.24, 2.45) is 0 Å². The molecule has 5 nitrogen and oxygen atoms in total. The van der Waals surface area contributed by atoms with Crippen molar-refractivity contribution < 1.29 is 22.6 Å². The number of rotatable bonds is 5. The summed E-state index contributed by atoms with van der Waals surface area (Å²) in [6.45, 7) is 5.17. The highest BCUT2D eigenvalue weighted by molar-refractivity contribution is 7.86. The molecule has 0 saturated heterocycles. The van der Waals surface area contributed by atoms with Crippen LogP contribution in [0.3, 0.4) is 0 Å². The van der Waals surface area contributed by atoms with Crippen LogP contribution < -0.4 is 0 Å². The van der Waals surface area contributed by atoms with Crippen molar-refractivity contribution >= 4 is 10.1 Å². The highest BCUT2D eigenvalue weighted by Gasteiger charge is 2.41. The highest BCUT2D eigenvalue weighted by atomic mass is 32.2. The van der Waals surface area contributed by atoms with Crippen molar-refractivity contribution in [3.05, 3.63) is 12.7 Å². The molecule has 0 saturated carbocycles. The lowest BCUT2D eigenvalue weighted by molar-refractivity contribution is -0.899. The van der Waals surface area contributed by atoms with Crippen molar-refractivity contribution in [1.29, 1.82) is 0 Å². The normalized spacial score (nSPS) is 17.5. The summed E-state index contributed by atoms with van der Waals surface area (Å²) in [7, 11) is -1.06. The van der Waals surface area contributed by atoms with Crippen LogP contribution in [0.5, 0.6) is 0 Å². The number of likely N-dealkylation sites (N-methyl/N-ethyl adjacent to an activating group) is 1. The van der Waals surface area contributed by atoms with E-state index in [1.54, 1.807) is 20.2 Å². The molecule has 0 aromatic rings. The van der Waals surface area contributed by atoms with Gasteiger partial charge in [-0.05, 0) is 13.0 Å². The Hall–Kier alpha value is -0.430. The third-order valence-electron chi connectivity index (χ3n) is 2.01. The number of quaternary nitrogens is 1. The summed E-state index contributed by atoms with van der Waals surface area (Å²) in [5, 5.41) is 8.07. The van der Waals surface area contributed by atoms with Gasteiger partial charge >= 0.3 is 10.1 Å². The van der Waals surface area contributed by atoms with E-state index in [2.05, 4.69) is 6.58 Å². The second kappa shape index (κ2) is 4.39. The third-order valence-corrected chi connectivity index (χ3v) is 3.58. The van der Waals surface area contributed by atoms with E-state index in [0.29, 0.717) is 6.54 Å². The second-order valence-electron chi connectivity index (χ2n) is 3.90. The van der Waals surface area contributed by atoms with Gasteiger partial charge in [-0.1, -0.05) is 6.58 Å². The smallest absolute Gasteiger partial charge is 0.322 e. The Labute approximate surface area is 85.0 Å². The summed E-state index contributed by atoms with van der Waals surface area (Å²) < 4.78 is 31.0. The molecule has 0 radical (unpaired) electrons. The summed E-state index contributed by atoms with van der Waals surface area (Å²) in [6, 6.07) is 0. The van der Waals surface area contributed by atoms with Crippen LogP contribution in [0, 0.1) is 0 Å². The third kappa shape index (κ3) is 3.38. The van der Waals surface area contributed by atoms with Gasteiger partial charge in [0.2, 0.25) is 5.37 Å². The van der Waals surface area contributed by atoms with E-state index in [9.17, 15) is 13.5 Å². The van der Waals surface area contributed by atoms with Gasteiger partial charge in [0.25, 0.3) is 0 Å². The van der Waals surface area contributed by atoms with E-state index in [1.807, 2.05) is 0 Å². The summed E-state index contributed by atoms with van der Waals surface area (Å²) in [4.78, 5) is 0. The van der Waals surface area contributed by atoms with Gasteiger partial charge in [0.15, 0.2) is 0 Å². The Morgan fingerprint density at radius 2 is 1.93 bits per heavy atom. The molecule has 0 aliphatic heterocycles. The average Bonchev–Trinajstić information content (AvgIpc) is 1.78. The van der Waals surface area contributed by atoms with E-state index in [4.69, 9.17) is 4.55 Å². The van der Waals surface area contributed by atoms with Gasteiger partial charge in [0.05, 0.1) is 20.6 Å². The zero-order valence-electron chi connectivity index (χ0n) is 8.71. The molecule has 0 aliphatic carbocycles. The lowest BCUT2D eigenvalue weighted by Crippen LogP contribution is -2.57. The molecular formula is C8H18NO4S+. The lowest BCUT2D eigenvalue weighted by atomic mass is 10.3. The van der Waals surface area contributed by atoms with Crippen molar-refractivity contribution in [2.75, 3.05) is 20.6 Å². The molecule has 0 aromatic heterocycles. The Morgan fingerprint density at radius 3 is 2.14 bits per heavy atom. The maximum absolute atomic E-state index is 11.0. The monoisotopic (exact) mass is 224 g/mol. The molecule has 0 spiro atoms. The van der Waals surface area contributed by atoms with Crippen LogP contribution in [0.2, 0.25) is 0 Å². The largest absolute Gasteiger partial charge is 0.386 e. The molecule has 2 N–H and O–H groups in total. The minimum atomic E-state index is -4.27. The summed E-state index contributed by atoms with van der Waals surface area (Å²) in [5.74, 6) is 0. The minimum absolute atomic E-state index is 0.0556. The van der Waals surface area contributed by atoms with Gasteiger partial charge in [0, 0.05) is 0 Å². The van der Waals surface area contributed by atoms with Crippen LogP contribution in [-0.2, 0) is 10.1 Å². The van der Waals surface area contributed by atoms with Gasteiger partial charge in [0.1, 0.15) is 6.10 Å². The van der Waals surface area contributed by atoms with E-state index in [0.717, 1.165) is 0 Å². The van der Waals surface area contributed by atoms with Crippen LogP contribution in [0.4, 0.5) is 0 Å². The minimum Gasteiger partial charge on any atom is -0.386 e. The standard InChI is InChI=1S/C8H17NO4S/c1-5-6-9(3,4)8(7(2)10)14(11,12)13/h5,7-8,10H,1,6H2,2-4H3/p+1. The first-order chi connectivity index (χ1) is 6.13. The molecule has 2 atom stereocenters. The zero-order chi connectivity index (χ0) is 11.6. The van der Waals surface area contributed by atoms with Gasteiger partial charge in [-0.25, -0.2) is 0 Å². The van der Waals surface area contributed by atoms with E-state index >= 15 is 0 Å². The molecule has 84 valence electrons. The molecule has 2 unspecified atom stereocenters. The van der Waals surface area contributed by atoms with Crippen LogP contribution in [-0.4, -0.2) is 54.7 Å². The molecule has 0 amide bonds. The SMILES string of the molecule is C=CC[N+](C)(C)C(C(C)O)S(=O)(=O)O. The fraction of sp³-hybridized carbons (Fsp3) is 0.750. The molecule has 0 bridgehead atoms. The second-order valence-corrected chi connectivity index (χ2v) is 5.41. The predicted octanol–water partition coefficient (Wildman–Crippen LogP) is -0.156. The lowest BCUT2D eigenvalue weighted by Gasteiger charge is -2.36. The van der Waals surface area contributed by atoms with E-state index in [-0.39, 0.29) is 4.48 Å². The predicted molar refractivity (Wildman–Crippen MR) is 54.2 cm³/mol. The Morgan fingerprint density at radius 1 is 1.50 bits per heavy atom. The number of aliphatic hydroxyl groups excluding tert-OH is 1. The molecule has 14 heavy (non-hydrogen) atoms. The van der Waals surface area contributed by atoms with Gasteiger partial charge in [-0.15, -0.1) is 0 Å². The topological polar surface area (TPSA) is 74.6 Å². The maximum atomic E-state index is 11.0. The maximum Gasteiger partial charge on any atom is 0.322 e. The number of nitrogens with zero attached hydrogens (tertiary/aromatic N) is 1. The quantitative estimate of drug-likeness (QED) is 0.387. The molecule has 0 aliphatic rings. The zero-order valence-corrected chi connectivity index (χ0v) is 9.53. The van der Waals surface area contributed by atoms with Crippen molar-refractivity contribution in [1.82, 2.24) is 0 Å². The Bertz CT molecular complexity index is 294. The molecule has 0 aromatic carbocycles. The summed E-state index contributed by atoms with van der Waals surface area (Å²) in [6.07, 6.45) is 0.403. The Kier molecular flexibility index (Phi) is 4.26. The van der Waals surface area contributed by atoms with Gasteiger partial charge in [-0.2, -0.15) is 8.42 Å². The van der Waals surface area contributed by atoms with E-state index < -0.39 is 21.6 Å². The van der Waals surface area contributed by atoms with Crippen molar-refractivity contribution in [2.45, 2.75) is 18.4 Å². The number of aliphatic hydroxyl groups is 1. The average molecular weight is 224 g/mol. The summed E-state index contributed by atoms with van der Waals surface area (Å²) in [5.41, 5.74) is 0. The fourth-order valence-corrected chi connectivity index (χ4v) is 2.94. The molecular weight excluding hydrogens is 206 g/mol. The highest BCUT2D eigenvalue weighted by Crippen LogP contribution is 2.16. The molecule has 6 heteroatoms. The first-order valence-electron chi connectivity index (χ1n) is 4.21. The van der Waals surface area contributed by atoms with Gasteiger partial charge in [-0.3, -0.25) is 4.55 Å². The molecule has 0 heterocycles. The first-order valence-corrected chi connectivity index (χ1v) is 5.71. The van der Waals surface area contributed by atoms with Crippen molar-refractivity contribution in [3.8, 4) is 0 Å². The van der Waals surface area contributed by atoms with Crippen LogP contribution in [0.15, 0.2) is 12.7 Å². The number of hydrogen-bond donors (Lipinski definition) is 2. The van der Waals surface area contributed by atoms with Gasteiger partial charge < -0.3 is 9.59 Å². The number of hydrogen-bond acceptors (Lipinski definition) is 3. The van der Waals surface area contributed by atoms with Crippen LogP contribution in [0.25, 0.3) is 0 Å². The molecule has 0 fully saturated rings. The van der Waals surface area contributed by atoms with Crippen LogP contribution >= 0.6 is 0 Å². The van der Waals surface area contributed by atoms with Crippen molar-refractivity contribution in [3.63, 3.8) is 0 Å². The Balaban J connectivity index is 5.12. The van der Waals surface area contributed by atoms with Crippen LogP contribution in [0.1, 0.15) is 6.92 Å². The fourth-order valence-electron chi connectivity index (χ4n) is 1.63.